The summed E-state index contributed by atoms with van der Waals surface area (Å²) in [5.41, 5.74) is 18.2. The summed E-state index contributed by atoms with van der Waals surface area (Å²) in [6, 6.07) is 103. The summed E-state index contributed by atoms with van der Waals surface area (Å²) in [5.74, 6) is -1.38. The van der Waals surface area contributed by atoms with Gasteiger partial charge in [0.05, 0.1) is 82.9 Å². The lowest BCUT2D eigenvalue weighted by atomic mass is 9.90. The molecule has 4 heterocycles. The van der Waals surface area contributed by atoms with E-state index in [-0.39, 0.29) is 0 Å². The molecule has 0 fully saturated rings. The SMILES string of the molecule is COC(=O)c1ccc(-c2c3nc(c(-c4ccc(C(=O)OC)cc4)c4[nH]c(c(-c5ccc(C(=O)OC)cc5)c5nc(c(-c6ccc(C)cc6)c6[nH]c2c2cc7cc8ccccc8cc7cc62)-c2cc6cc7ccccc7cc6cc2-5)c2cc5cc6ccccc6cc5cc42)-c2cc4cc5ccccc5cc4cc2-3)cc1. The molecule has 18 aromatic rings. The number of esters is 3. The van der Waals surface area contributed by atoms with E-state index in [1.54, 1.807) is 0 Å². The molecule has 0 saturated heterocycles. The first-order valence-corrected chi connectivity index (χ1v) is 36.4. The van der Waals surface area contributed by atoms with Gasteiger partial charge in [-0.2, -0.15) is 0 Å². The number of carbonyl (C=O) groups excluding carboxylic acids is 3. The highest BCUT2D eigenvalue weighted by molar-refractivity contribution is 6.26. The molecule has 0 spiro atoms. The maximum atomic E-state index is 13.7. The van der Waals surface area contributed by atoms with Gasteiger partial charge in [-0.05, 0) is 249 Å². The Balaban J connectivity index is 1.07. The fourth-order valence-electron chi connectivity index (χ4n) is 17.1. The molecule has 109 heavy (non-hydrogen) atoms. The normalized spacial score (nSPS) is 12.0. The number of carbonyl (C=O) groups is 3. The number of rotatable bonds is 7. The predicted octanol–water partition coefficient (Wildman–Crippen LogP) is 24.9. The second-order valence-corrected chi connectivity index (χ2v) is 28.7. The van der Waals surface area contributed by atoms with Gasteiger partial charge in [-0.15, -0.1) is 0 Å². The van der Waals surface area contributed by atoms with Crippen LogP contribution in [0.4, 0.5) is 0 Å². The zero-order valence-electron chi connectivity index (χ0n) is 59.6. The Morgan fingerprint density at radius 2 is 0.450 bits per heavy atom. The van der Waals surface area contributed by atoms with Crippen molar-refractivity contribution < 1.29 is 28.6 Å². The van der Waals surface area contributed by atoms with Gasteiger partial charge in [0.2, 0.25) is 0 Å². The van der Waals surface area contributed by atoms with Gasteiger partial charge in [0, 0.05) is 66.1 Å². The Morgan fingerprint density at radius 1 is 0.248 bits per heavy atom. The number of fused-ring (bicyclic) bond motifs is 8. The molecule has 1 aliphatic carbocycles. The van der Waals surface area contributed by atoms with Crippen LogP contribution in [-0.4, -0.2) is 59.2 Å². The highest BCUT2D eigenvalue weighted by atomic mass is 16.5. The number of benzene rings is 16. The van der Waals surface area contributed by atoms with Crippen molar-refractivity contribution in [1.82, 2.24) is 19.9 Å². The molecule has 10 nitrogen and oxygen atoms in total. The average molecular weight is 1400 g/mol. The summed E-state index contributed by atoms with van der Waals surface area (Å²) in [7, 11) is 4.21. The first-order valence-electron chi connectivity index (χ1n) is 36.4. The molecule has 2 aliphatic heterocycles. The maximum Gasteiger partial charge on any atom is 0.337 e. The first kappa shape index (κ1) is 63.2. The molecule has 10 heteroatoms. The smallest absolute Gasteiger partial charge is 0.337 e. The molecule has 21 rings (SSSR count). The Hall–Kier alpha value is -14.4. The van der Waals surface area contributed by atoms with Crippen LogP contribution in [0.3, 0.4) is 0 Å². The molecule has 0 radical (unpaired) electrons. The fourth-order valence-corrected chi connectivity index (χ4v) is 17.1. The van der Waals surface area contributed by atoms with Crippen molar-refractivity contribution in [3.8, 4) is 89.5 Å². The average Bonchev–Trinajstić information content (AvgIpc) is 1.56. The number of aromatic amines is 2. The fraction of sp³-hybridized carbons (Fsp3) is 0.0404. The zero-order chi connectivity index (χ0) is 73.0. The van der Waals surface area contributed by atoms with E-state index in [1.165, 1.54) is 21.3 Å². The zero-order valence-corrected chi connectivity index (χ0v) is 59.6. The van der Waals surface area contributed by atoms with E-state index in [1.807, 2.05) is 72.8 Å². The molecule has 0 saturated carbocycles. The molecule has 2 aromatic heterocycles. The van der Waals surface area contributed by atoms with Crippen LogP contribution in [0, 0.1) is 6.92 Å². The molecule has 8 bridgehead atoms. The Morgan fingerprint density at radius 3 is 0.661 bits per heavy atom. The summed E-state index contributed by atoms with van der Waals surface area (Å²) in [5, 5.41) is 20.7. The second-order valence-electron chi connectivity index (χ2n) is 28.7. The Labute approximate surface area is 623 Å². The number of aromatic nitrogens is 4. The van der Waals surface area contributed by atoms with Gasteiger partial charge in [-0.25, -0.2) is 24.4 Å². The van der Waals surface area contributed by atoms with Gasteiger partial charge in [-0.1, -0.05) is 163 Å². The minimum atomic E-state index is -0.468. The molecular weight excluding hydrogens is 1340 g/mol. The second kappa shape index (κ2) is 24.4. The summed E-state index contributed by atoms with van der Waals surface area (Å²) in [6.07, 6.45) is 0. The number of nitrogens with zero attached hydrogens (tertiary/aromatic N) is 2. The van der Waals surface area contributed by atoms with Crippen molar-refractivity contribution in [1.29, 1.82) is 0 Å². The Bertz CT molecular complexity index is 7290. The number of hydrogen-bond donors (Lipinski definition) is 2. The molecule has 2 N–H and O–H groups in total. The van der Waals surface area contributed by atoms with Crippen LogP contribution in [-0.2, 0) is 14.2 Å². The van der Waals surface area contributed by atoms with Crippen LogP contribution in [0.5, 0.6) is 0 Å². The van der Waals surface area contributed by atoms with Crippen LogP contribution in [0.25, 0.3) is 219 Å². The van der Waals surface area contributed by atoms with Crippen molar-refractivity contribution in [2.75, 3.05) is 21.3 Å². The van der Waals surface area contributed by atoms with E-state index in [9.17, 15) is 14.4 Å². The number of aryl methyl sites for hydroxylation is 1. The largest absolute Gasteiger partial charge is 0.465 e. The lowest BCUT2D eigenvalue weighted by molar-refractivity contribution is 0.0592. The molecular formula is C99H62N4O6. The van der Waals surface area contributed by atoms with Gasteiger partial charge in [0.15, 0.2) is 0 Å². The van der Waals surface area contributed by atoms with Crippen LogP contribution in [0.2, 0.25) is 0 Å². The van der Waals surface area contributed by atoms with Crippen LogP contribution < -0.4 is 0 Å². The highest BCUT2D eigenvalue weighted by Crippen LogP contribution is 2.54. The number of nitrogens with one attached hydrogen (secondary N) is 2. The van der Waals surface area contributed by atoms with Crippen LogP contribution >= 0.6 is 0 Å². The van der Waals surface area contributed by atoms with E-state index in [2.05, 4.69) is 235 Å². The quantitative estimate of drug-likeness (QED) is 0.0915. The number of ether oxygens (including phenoxy) is 3. The minimum absolute atomic E-state index is 0.383. The van der Waals surface area contributed by atoms with Crippen LogP contribution in [0.1, 0.15) is 36.6 Å². The number of hydrogen-bond acceptors (Lipinski definition) is 8. The van der Waals surface area contributed by atoms with E-state index in [0.717, 1.165) is 208 Å². The summed E-state index contributed by atoms with van der Waals surface area (Å²) in [4.78, 5) is 62.3. The van der Waals surface area contributed by atoms with Gasteiger partial charge in [0.25, 0.3) is 0 Å². The lowest BCUT2D eigenvalue weighted by Gasteiger charge is -2.12. The maximum absolute atomic E-state index is 13.7. The highest BCUT2D eigenvalue weighted by Gasteiger charge is 2.32. The molecule has 0 atom stereocenters. The summed E-state index contributed by atoms with van der Waals surface area (Å²) < 4.78 is 16.2. The van der Waals surface area contributed by atoms with Gasteiger partial charge >= 0.3 is 17.9 Å². The van der Waals surface area contributed by atoms with E-state index in [0.29, 0.717) is 33.8 Å². The predicted molar refractivity (Wildman–Crippen MR) is 445 cm³/mol. The van der Waals surface area contributed by atoms with Crippen molar-refractivity contribution in [3.63, 3.8) is 0 Å². The monoisotopic (exact) mass is 1400 g/mol. The lowest BCUT2D eigenvalue weighted by Crippen LogP contribution is -2.00. The van der Waals surface area contributed by atoms with E-state index < -0.39 is 17.9 Å². The topological polar surface area (TPSA) is 136 Å². The molecule has 3 aliphatic rings. The minimum Gasteiger partial charge on any atom is -0.465 e. The van der Waals surface area contributed by atoms with Crippen LogP contribution in [0.15, 0.2) is 291 Å². The number of methoxy groups -OCH3 is 3. The Kier molecular flexibility index (Phi) is 14.1. The third-order valence-electron chi connectivity index (χ3n) is 22.5. The first-order chi connectivity index (χ1) is 53.5. The standard InChI is InChI=1S/C99H62N4O6/c1-53-21-23-54(24-22-53)85-89-77-45-69-37-61-13-5-7-15-63(61)39-71(69)47-79(77)91(100-89)86(55-25-31-58(32-26-55)97(104)107-2)93-81-49-73-41-65-17-9-11-19-67(65)43-75(73)51-83(81)95(102-93)88(57-29-35-60(36-30-57)99(106)109-4)96-84-52-76-44-68-20-12-10-18-66(68)42-74(76)50-82(84)94(103-96)87(56-27-33-59(34-28-56)98(105)108-3)92-80-48-72-40-64-16-8-6-14-62(64)38-70(72)46-78(80)90(85)101-92/h5-52,100,103H,1-4H3. The molecule has 514 valence electrons. The van der Waals surface area contributed by atoms with Gasteiger partial charge in [0.1, 0.15) is 0 Å². The third kappa shape index (κ3) is 10.1. The van der Waals surface area contributed by atoms with E-state index in [4.69, 9.17) is 24.2 Å². The summed E-state index contributed by atoms with van der Waals surface area (Å²) >= 11 is 0. The van der Waals surface area contributed by atoms with Crippen molar-refractivity contribution in [2.45, 2.75) is 6.92 Å². The number of H-pyrrole nitrogens is 2. The van der Waals surface area contributed by atoms with Gasteiger partial charge < -0.3 is 24.2 Å². The van der Waals surface area contributed by atoms with E-state index >= 15 is 0 Å². The van der Waals surface area contributed by atoms with Crippen molar-refractivity contribution >= 4 is 148 Å². The van der Waals surface area contributed by atoms with Crippen molar-refractivity contribution in [3.05, 3.63) is 313 Å². The third-order valence-corrected chi connectivity index (χ3v) is 22.5. The van der Waals surface area contributed by atoms with Crippen molar-refractivity contribution in [2.24, 2.45) is 0 Å². The molecule has 0 amide bonds. The molecule has 16 aromatic carbocycles. The molecule has 0 unspecified atom stereocenters. The summed E-state index contributed by atoms with van der Waals surface area (Å²) in [6.45, 7) is 2.12. The van der Waals surface area contributed by atoms with Gasteiger partial charge in [-0.3, -0.25) is 0 Å².